The molecule has 0 radical (unpaired) electrons. The van der Waals surface area contributed by atoms with E-state index < -0.39 is 11.0 Å². The van der Waals surface area contributed by atoms with Gasteiger partial charge in [0.15, 0.2) is 5.82 Å². The van der Waals surface area contributed by atoms with Crippen molar-refractivity contribution in [1.82, 2.24) is 9.97 Å². The minimum Gasteiger partial charge on any atom is -0.481 e. The molecule has 0 bridgehead atoms. The van der Waals surface area contributed by atoms with Crippen molar-refractivity contribution >= 4 is 5.69 Å². The number of ether oxygens (including phenoxy) is 3. The van der Waals surface area contributed by atoms with Gasteiger partial charge in [0.2, 0.25) is 11.8 Å². The van der Waals surface area contributed by atoms with E-state index >= 15 is 0 Å². The molecule has 9 nitrogen and oxygen atoms in total. The predicted molar refractivity (Wildman–Crippen MR) is 92.2 cm³/mol. The zero-order chi connectivity index (χ0) is 19.3. The molecule has 1 atom stereocenters. The molecule has 2 aromatic rings. The second kappa shape index (κ2) is 8.54. The lowest BCUT2D eigenvalue weighted by atomic mass is 10.0. The van der Waals surface area contributed by atoms with Gasteiger partial charge in [-0.3, -0.25) is 10.1 Å². The molecule has 1 N–H and O–H groups in total. The normalized spacial score (nSPS) is 12.1. The molecular weight excluding hydrogens is 342 g/mol. The van der Waals surface area contributed by atoms with Gasteiger partial charge in [0, 0.05) is 0 Å². The maximum Gasteiger partial charge on any atom is 0.281 e. The van der Waals surface area contributed by atoms with E-state index in [0.717, 1.165) is 0 Å². The summed E-state index contributed by atoms with van der Waals surface area (Å²) in [5.74, 6) is 0.284. The van der Waals surface area contributed by atoms with Gasteiger partial charge in [-0.05, 0) is 26.0 Å². The maximum atomic E-state index is 11.6. The Kier molecular flexibility index (Phi) is 6.42. The summed E-state index contributed by atoms with van der Waals surface area (Å²) in [4.78, 5) is 19.2. The van der Waals surface area contributed by atoms with Crippen molar-refractivity contribution in [3.8, 4) is 11.8 Å². The Balaban J connectivity index is 2.50. The molecule has 1 aromatic carbocycles. The first-order valence-corrected chi connectivity index (χ1v) is 7.90. The Bertz CT molecular complexity index is 759. The number of nitro benzene ring substituents is 1. The number of nitrogens with zero attached hydrogens (tertiary/aromatic N) is 3. The van der Waals surface area contributed by atoms with Crippen LogP contribution in [0.25, 0.3) is 0 Å². The molecule has 0 saturated heterocycles. The average molecular weight is 363 g/mol. The Morgan fingerprint density at radius 2 is 1.81 bits per heavy atom. The summed E-state index contributed by atoms with van der Waals surface area (Å²) < 4.78 is 15.6. The van der Waals surface area contributed by atoms with Crippen molar-refractivity contribution in [3.63, 3.8) is 0 Å². The number of hydrogen-bond donors (Lipinski definition) is 1. The van der Waals surface area contributed by atoms with Gasteiger partial charge in [-0.1, -0.05) is 6.07 Å². The molecular formula is C17H21N3O6. The van der Waals surface area contributed by atoms with E-state index in [9.17, 15) is 15.2 Å². The second-order valence-corrected chi connectivity index (χ2v) is 5.69. The molecule has 0 aliphatic heterocycles. The molecule has 0 amide bonds. The van der Waals surface area contributed by atoms with Gasteiger partial charge >= 0.3 is 0 Å². The first-order chi connectivity index (χ1) is 12.4. The molecule has 1 heterocycles. The SMILES string of the molecule is COc1cc(OC)nc(C(O)c2cccc(COC(C)C)c2[N+](=O)[O-])n1. The predicted octanol–water partition coefficient (Wildman–Crippen LogP) is 2.41. The first-order valence-electron chi connectivity index (χ1n) is 7.90. The molecule has 0 aliphatic rings. The van der Waals surface area contributed by atoms with E-state index in [-0.39, 0.29) is 41.5 Å². The Hall–Kier alpha value is -2.78. The van der Waals surface area contributed by atoms with Crippen molar-refractivity contribution in [1.29, 1.82) is 0 Å². The average Bonchev–Trinajstić information content (AvgIpc) is 2.64. The number of hydrogen-bond acceptors (Lipinski definition) is 8. The Labute approximate surface area is 150 Å². The number of nitro groups is 1. The fraction of sp³-hybridized carbons (Fsp3) is 0.412. The number of rotatable bonds is 8. The fourth-order valence-corrected chi connectivity index (χ4v) is 2.32. The van der Waals surface area contributed by atoms with E-state index in [2.05, 4.69) is 9.97 Å². The zero-order valence-corrected chi connectivity index (χ0v) is 15.0. The minimum atomic E-state index is -1.43. The third kappa shape index (κ3) is 4.44. The van der Waals surface area contributed by atoms with Gasteiger partial charge in [0.1, 0.15) is 6.10 Å². The van der Waals surface area contributed by atoms with Crippen molar-refractivity contribution < 1.29 is 24.2 Å². The molecule has 26 heavy (non-hydrogen) atoms. The van der Waals surface area contributed by atoms with Crippen LogP contribution in [-0.2, 0) is 11.3 Å². The highest BCUT2D eigenvalue weighted by Gasteiger charge is 2.28. The van der Waals surface area contributed by atoms with Crippen LogP contribution in [0.2, 0.25) is 0 Å². The molecule has 9 heteroatoms. The fourth-order valence-electron chi connectivity index (χ4n) is 2.32. The molecule has 0 spiro atoms. The highest BCUT2D eigenvalue weighted by Crippen LogP contribution is 2.33. The third-order valence-corrected chi connectivity index (χ3v) is 3.56. The summed E-state index contributed by atoms with van der Waals surface area (Å²) >= 11 is 0. The molecule has 1 unspecified atom stereocenters. The molecule has 140 valence electrons. The van der Waals surface area contributed by atoms with Crippen molar-refractivity contribution in [2.45, 2.75) is 32.7 Å². The largest absolute Gasteiger partial charge is 0.481 e. The number of aliphatic hydroxyl groups is 1. The van der Waals surface area contributed by atoms with E-state index in [1.165, 1.54) is 26.4 Å². The van der Waals surface area contributed by atoms with E-state index in [1.54, 1.807) is 12.1 Å². The van der Waals surface area contributed by atoms with Gasteiger partial charge in [0.05, 0.1) is 49.0 Å². The Morgan fingerprint density at radius 1 is 1.19 bits per heavy atom. The summed E-state index contributed by atoms with van der Waals surface area (Å²) in [5.41, 5.74) is 0.191. The molecule has 0 fully saturated rings. The Morgan fingerprint density at radius 3 is 2.31 bits per heavy atom. The lowest BCUT2D eigenvalue weighted by Gasteiger charge is -2.15. The van der Waals surface area contributed by atoms with Crippen LogP contribution in [0.3, 0.4) is 0 Å². The first kappa shape index (κ1) is 19.5. The quantitative estimate of drug-likeness (QED) is 0.561. The number of benzene rings is 1. The van der Waals surface area contributed by atoms with Crippen molar-refractivity contribution in [3.05, 3.63) is 51.3 Å². The minimum absolute atomic E-state index is 0.0524. The highest BCUT2D eigenvalue weighted by molar-refractivity contribution is 5.50. The summed E-state index contributed by atoms with van der Waals surface area (Å²) in [7, 11) is 2.81. The molecule has 0 aliphatic carbocycles. The van der Waals surface area contributed by atoms with Gasteiger partial charge in [-0.15, -0.1) is 0 Å². The van der Waals surface area contributed by atoms with Crippen LogP contribution in [0.15, 0.2) is 24.3 Å². The lowest BCUT2D eigenvalue weighted by molar-refractivity contribution is -0.387. The number of methoxy groups -OCH3 is 2. The number of para-hydroxylation sites is 1. The molecule has 2 rings (SSSR count). The number of aromatic nitrogens is 2. The van der Waals surface area contributed by atoms with Gasteiger partial charge in [-0.2, -0.15) is 9.97 Å². The number of aliphatic hydroxyl groups excluding tert-OH is 1. The van der Waals surface area contributed by atoms with Crippen LogP contribution in [-0.4, -0.2) is 40.3 Å². The van der Waals surface area contributed by atoms with Crippen LogP contribution in [0, 0.1) is 10.1 Å². The second-order valence-electron chi connectivity index (χ2n) is 5.69. The van der Waals surface area contributed by atoms with E-state index in [1.807, 2.05) is 13.8 Å². The highest BCUT2D eigenvalue weighted by atomic mass is 16.6. The van der Waals surface area contributed by atoms with Crippen LogP contribution in [0.1, 0.15) is 36.9 Å². The standard InChI is InChI=1S/C17H21N3O6/c1-10(2)26-9-11-6-5-7-12(15(11)20(22)23)16(21)17-18-13(24-3)8-14(19-17)25-4/h5-8,10,16,21H,9H2,1-4H3. The molecule has 1 aromatic heterocycles. The van der Waals surface area contributed by atoms with Gasteiger partial charge in [0.25, 0.3) is 5.69 Å². The van der Waals surface area contributed by atoms with Crippen molar-refractivity contribution in [2.24, 2.45) is 0 Å². The smallest absolute Gasteiger partial charge is 0.281 e. The topological polar surface area (TPSA) is 117 Å². The van der Waals surface area contributed by atoms with Crippen LogP contribution in [0.4, 0.5) is 5.69 Å². The summed E-state index contributed by atoms with van der Waals surface area (Å²) in [5, 5.41) is 22.3. The third-order valence-electron chi connectivity index (χ3n) is 3.56. The van der Waals surface area contributed by atoms with Crippen LogP contribution in [0.5, 0.6) is 11.8 Å². The summed E-state index contributed by atoms with van der Waals surface area (Å²) in [6, 6.07) is 6.10. The summed E-state index contributed by atoms with van der Waals surface area (Å²) in [6.07, 6.45) is -1.52. The van der Waals surface area contributed by atoms with Gasteiger partial charge in [-0.25, -0.2) is 0 Å². The van der Waals surface area contributed by atoms with Crippen LogP contribution < -0.4 is 9.47 Å². The monoisotopic (exact) mass is 363 g/mol. The van der Waals surface area contributed by atoms with Gasteiger partial charge < -0.3 is 19.3 Å². The van der Waals surface area contributed by atoms with Crippen LogP contribution >= 0.6 is 0 Å². The van der Waals surface area contributed by atoms with E-state index in [0.29, 0.717) is 5.56 Å². The zero-order valence-electron chi connectivity index (χ0n) is 15.0. The maximum absolute atomic E-state index is 11.6. The van der Waals surface area contributed by atoms with E-state index in [4.69, 9.17) is 14.2 Å². The molecule has 0 saturated carbocycles. The summed E-state index contributed by atoms with van der Waals surface area (Å²) in [6.45, 7) is 3.72. The lowest BCUT2D eigenvalue weighted by Crippen LogP contribution is -2.12. The van der Waals surface area contributed by atoms with Crippen molar-refractivity contribution in [2.75, 3.05) is 14.2 Å².